The number of aromatic amines is 1. The highest BCUT2D eigenvalue weighted by Crippen LogP contribution is 2.57. The van der Waals surface area contributed by atoms with Crippen molar-refractivity contribution in [2.75, 3.05) is 4.90 Å². The molecular formula is C27H17ClFN5O2. The number of benzene rings is 3. The van der Waals surface area contributed by atoms with Gasteiger partial charge < -0.3 is 15.4 Å². The van der Waals surface area contributed by atoms with Gasteiger partial charge in [0.05, 0.1) is 17.8 Å². The van der Waals surface area contributed by atoms with Crippen LogP contribution in [0, 0.1) is 17.1 Å². The maximum Gasteiger partial charge on any atom is 0.248 e. The fourth-order valence-corrected chi connectivity index (χ4v) is 5.32. The maximum absolute atomic E-state index is 14.8. The Balaban J connectivity index is 1.65. The van der Waals surface area contributed by atoms with Crippen molar-refractivity contribution in [3.63, 3.8) is 0 Å². The first kappa shape index (κ1) is 21.9. The number of H-pyrrole nitrogens is 1. The first-order valence-electron chi connectivity index (χ1n) is 11.0. The van der Waals surface area contributed by atoms with E-state index in [0.29, 0.717) is 22.5 Å². The number of para-hydroxylation sites is 1. The van der Waals surface area contributed by atoms with Gasteiger partial charge in [-0.05, 0) is 18.2 Å². The standard InChI is InChI=1S/C27H17ClFN5O2/c28-19-10-6-11-20(29)16(19)14-34-21-12-5-4-9-17(21)27(26(34)35)18(13-30)24(31)36-25-22(27)23(32-33-25)15-7-2-1-3-8-15/h1-12H,14,31H2,(H,32,33). The number of hydrogen-bond acceptors (Lipinski definition) is 5. The third kappa shape index (κ3) is 2.84. The molecular weight excluding hydrogens is 481 g/mol. The monoisotopic (exact) mass is 497 g/mol. The second kappa shape index (κ2) is 7.97. The van der Waals surface area contributed by atoms with Crippen LogP contribution >= 0.6 is 11.6 Å². The lowest BCUT2D eigenvalue weighted by Gasteiger charge is -2.33. The number of hydrogen-bond donors (Lipinski definition) is 2. The van der Waals surface area contributed by atoms with Crippen LogP contribution in [0.1, 0.15) is 16.7 Å². The number of fused-ring (bicyclic) bond motifs is 4. The summed E-state index contributed by atoms with van der Waals surface area (Å²) in [5, 5.41) is 17.7. The van der Waals surface area contributed by atoms with Gasteiger partial charge in [0.2, 0.25) is 17.7 Å². The maximum atomic E-state index is 14.8. The molecule has 36 heavy (non-hydrogen) atoms. The number of halogens is 2. The van der Waals surface area contributed by atoms with Crippen LogP contribution in [0.4, 0.5) is 10.1 Å². The summed E-state index contributed by atoms with van der Waals surface area (Å²) >= 11 is 6.31. The van der Waals surface area contributed by atoms with E-state index in [4.69, 9.17) is 22.1 Å². The predicted molar refractivity (Wildman–Crippen MR) is 131 cm³/mol. The molecule has 3 aromatic carbocycles. The first-order chi connectivity index (χ1) is 17.5. The molecule has 1 aromatic heterocycles. The van der Waals surface area contributed by atoms with Gasteiger partial charge in [-0.3, -0.25) is 9.89 Å². The minimum atomic E-state index is -1.65. The number of carbonyl (C=O) groups is 1. The van der Waals surface area contributed by atoms with Crippen LogP contribution in [0.3, 0.4) is 0 Å². The van der Waals surface area contributed by atoms with Crippen molar-refractivity contribution in [2.45, 2.75) is 12.0 Å². The van der Waals surface area contributed by atoms with E-state index in [1.165, 1.54) is 17.0 Å². The Morgan fingerprint density at radius 2 is 1.86 bits per heavy atom. The molecule has 0 fully saturated rings. The van der Waals surface area contributed by atoms with Crippen LogP contribution in [-0.2, 0) is 16.8 Å². The molecule has 1 unspecified atom stereocenters. The van der Waals surface area contributed by atoms with Crippen LogP contribution in [0.2, 0.25) is 5.02 Å². The molecule has 176 valence electrons. The molecule has 0 radical (unpaired) electrons. The largest absolute Gasteiger partial charge is 0.420 e. The first-order valence-corrected chi connectivity index (χ1v) is 11.4. The van der Waals surface area contributed by atoms with Crippen LogP contribution in [-0.4, -0.2) is 16.1 Å². The van der Waals surface area contributed by atoms with Gasteiger partial charge >= 0.3 is 0 Å². The number of carbonyl (C=O) groups excluding carboxylic acids is 1. The molecule has 0 saturated heterocycles. The summed E-state index contributed by atoms with van der Waals surface area (Å²) in [4.78, 5) is 16.0. The van der Waals surface area contributed by atoms with Crippen LogP contribution in [0.15, 0.2) is 84.3 Å². The van der Waals surface area contributed by atoms with Crippen molar-refractivity contribution in [1.29, 1.82) is 5.26 Å². The number of anilines is 1. The third-order valence-corrected chi connectivity index (χ3v) is 7.01. The molecule has 0 aliphatic carbocycles. The molecule has 2 aliphatic heterocycles. The Labute approximate surface area is 210 Å². The van der Waals surface area contributed by atoms with Gasteiger partial charge in [-0.25, -0.2) is 4.39 Å². The Hall–Kier alpha value is -4.61. The lowest BCUT2D eigenvalue weighted by molar-refractivity contribution is -0.121. The molecule has 3 heterocycles. The van der Waals surface area contributed by atoms with Gasteiger partial charge in [0.15, 0.2) is 0 Å². The van der Waals surface area contributed by atoms with Crippen molar-refractivity contribution in [3.8, 4) is 23.2 Å². The summed E-state index contributed by atoms with van der Waals surface area (Å²) in [5.41, 5.74) is 7.31. The molecule has 9 heteroatoms. The lowest BCUT2D eigenvalue weighted by Crippen LogP contribution is -2.45. The van der Waals surface area contributed by atoms with Crippen molar-refractivity contribution in [2.24, 2.45) is 5.73 Å². The van der Waals surface area contributed by atoms with Crippen molar-refractivity contribution < 1.29 is 13.9 Å². The molecule has 7 nitrogen and oxygen atoms in total. The normalized spacial score (nSPS) is 18.1. The molecule has 0 saturated carbocycles. The van der Waals surface area contributed by atoms with E-state index in [1.807, 2.05) is 30.3 Å². The van der Waals surface area contributed by atoms with Gasteiger partial charge in [-0.15, -0.1) is 5.10 Å². The SMILES string of the molecule is N#CC1=C(N)Oc2n[nH]c(-c3ccccc3)c2C12C(=O)N(Cc1c(F)cccc1Cl)c1ccccc12. The molecule has 1 amide bonds. The van der Waals surface area contributed by atoms with E-state index in [0.717, 1.165) is 5.56 Å². The number of nitriles is 1. The van der Waals surface area contributed by atoms with E-state index in [9.17, 15) is 14.4 Å². The van der Waals surface area contributed by atoms with Crippen molar-refractivity contribution in [1.82, 2.24) is 10.2 Å². The number of aromatic nitrogens is 2. The molecule has 3 N–H and O–H groups in total. The summed E-state index contributed by atoms with van der Waals surface area (Å²) in [5.74, 6) is -1.14. The molecule has 1 spiro atoms. The Bertz CT molecular complexity index is 1600. The second-order valence-electron chi connectivity index (χ2n) is 8.46. The summed E-state index contributed by atoms with van der Waals surface area (Å²) in [7, 11) is 0. The van der Waals surface area contributed by atoms with Gasteiger partial charge in [0.1, 0.15) is 22.9 Å². The number of ether oxygens (including phenoxy) is 1. The molecule has 1 atom stereocenters. The van der Waals surface area contributed by atoms with Gasteiger partial charge in [-0.2, -0.15) is 5.26 Å². The minimum absolute atomic E-state index is 0.0619. The lowest BCUT2D eigenvalue weighted by atomic mass is 9.68. The fraction of sp³-hybridized carbons (Fsp3) is 0.0741. The zero-order valence-corrected chi connectivity index (χ0v) is 19.4. The highest BCUT2D eigenvalue weighted by molar-refractivity contribution is 6.31. The molecule has 2 aliphatic rings. The van der Waals surface area contributed by atoms with Crippen molar-refractivity contribution >= 4 is 23.2 Å². The zero-order valence-electron chi connectivity index (χ0n) is 18.6. The quantitative estimate of drug-likeness (QED) is 0.423. The summed E-state index contributed by atoms with van der Waals surface area (Å²) < 4.78 is 20.5. The second-order valence-corrected chi connectivity index (χ2v) is 8.86. The van der Waals surface area contributed by atoms with Crippen LogP contribution in [0.5, 0.6) is 5.88 Å². The summed E-state index contributed by atoms with van der Waals surface area (Å²) in [6, 6.07) is 22.8. The Kier molecular flexibility index (Phi) is 4.85. The summed E-state index contributed by atoms with van der Waals surface area (Å²) in [6.07, 6.45) is 0. The number of amides is 1. The van der Waals surface area contributed by atoms with Crippen LogP contribution < -0.4 is 15.4 Å². The number of nitrogens with one attached hydrogen (secondary N) is 1. The number of nitrogens with two attached hydrogens (primary N) is 1. The van der Waals surface area contributed by atoms with E-state index < -0.39 is 17.1 Å². The average molecular weight is 498 g/mol. The third-order valence-electron chi connectivity index (χ3n) is 6.65. The van der Waals surface area contributed by atoms with E-state index in [2.05, 4.69) is 16.3 Å². The highest BCUT2D eigenvalue weighted by Gasteiger charge is 2.61. The fourth-order valence-electron chi connectivity index (χ4n) is 5.10. The highest BCUT2D eigenvalue weighted by atomic mass is 35.5. The minimum Gasteiger partial charge on any atom is -0.420 e. The van der Waals surface area contributed by atoms with Crippen molar-refractivity contribution in [3.05, 3.63) is 112 Å². The Morgan fingerprint density at radius 3 is 2.61 bits per heavy atom. The zero-order chi connectivity index (χ0) is 25.0. The Morgan fingerprint density at radius 1 is 1.11 bits per heavy atom. The van der Waals surface area contributed by atoms with Gasteiger partial charge in [-0.1, -0.05) is 66.2 Å². The van der Waals surface area contributed by atoms with Gasteiger partial charge in [0, 0.05) is 27.4 Å². The average Bonchev–Trinajstić information content (AvgIpc) is 3.41. The number of nitrogens with zero attached hydrogens (tertiary/aromatic N) is 3. The molecule has 4 aromatic rings. The van der Waals surface area contributed by atoms with Gasteiger partial charge in [0.25, 0.3) is 0 Å². The smallest absolute Gasteiger partial charge is 0.248 e. The molecule has 0 bridgehead atoms. The molecule has 6 rings (SSSR count). The van der Waals surface area contributed by atoms with Crippen LogP contribution in [0.25, 0.3) is 11.3 Å². The van der Waals surface area contributed by atoms with E-state index in [1.54, 1.807) is 30.3 Å². The predicted octanol–water partition coefficient (Wildman–Crippen LogP) is 4.79. The van der Waals surface area contributed by atoms with E-state index in [-0.39, 0.29) is 34.5 Å². The van der Waals surface area contributed by atoms with E-state index >= 15 is 0 Å². The summed E-state index contributed by atoms with van der Waals surface area (Å²) in [6.45, 7) is -0.142. The number of rotatable bonds is 3. The topological polar surface area (TPSA) is 108 Å².